The average Bonchev–Trinajstić information content (AvgIpc) is 2.93. The molecule has 1 N–H and O–H groups in total. The molecule has 0 saturated carbocycles. The van der Waals surface area contributed by atoms with Crippen LogP contribution in [0.4, 0.5) is 24.5 Å². The van der Waals surface area contributed by atoms with Crippen molar-refractivity contribution in [2.45, 2.75) is 12.6 Å². The van der Waals surface area contributed by atoms with Crippen LogP contribution >= 0.6 is 0 Å². The first-order valence-corrected chi connectivity index (χ1v) is 9.30. The maximum Gasteiger partial charge on any atom is 0.416 e. The molecule has 1 amide bonds. The summed E-state index contributed by atoms with van der Waals surface area (Å²) in [6.07, 6.45) is -3.56. The number of carbonyl (C=O) groups excluding carboxylic acids is 1. The third kappa shape index (κ3) is 5.48. The topological polar surface area (TPSA) is 59.4 Å². The molecule has 0 aromatic heterocycles. The number of nitrogens with one attached hydrogen (secondary N) is 1. The van der Waals surface area contributed by atoms with Crippen LogP contribution in [0.1, 0.15) is 17.5 Å². The Bertz CT molecular complexity index is 890. The van der Waals surface area contributed by atoms with E-state index in [-0.39, 0.29) is 12.5 Å². The van der Waals surface area contributed by atoms with E-state index in [4.69, 9.17) is 0 Å². The van der Waals surface area contributed by atoms with Crippen LogP contribution in [0.25, 0.3) is 0 Å². The van der Waals surface area contributed by atoms with Gasteiger partial charge in [0.2, 0.25) is 5.91 Å². The van der Waals surface area contributed by atoms with Crippen LogP contribution < -0.4 is 10.2 Å². The van der Waals surface area contributed by atoms with Gasteiger partial charge in [-0.2, -0.15) is 18.4 Å². The summed E-state index contributed by atoms with van der Waals surface area (Å²) < 4.78 is 37.8. The van der Waals surface area contributed by atoms with E-state index in [1.54, 1.807) is 6.07 Å². The van der Waals surface area contributed by atoms with E-state index in [0.29, 0.717) is 24.3 Å². The number of benzene rings is 2. The lowest BCUT2D eigenvalue weighted by molar-refractivity contribution is -0.137. The molecule has 0 aliphatic carbocycles. The van der Waals surface area contributed by atoms with Crippen LogP contribution in [-0.2, 0) is 11.0 Å². The zero-order valence-corrected chi connectivity index (χ0v) is 15.7. The minimum Gasteiger partial charge on any atom is -0.369 e. The Hall–Kier alpha value is -3.05. The lowest BCUT2D eigenvalue weighted by Gasteiger charge is -2.24. The second-order valence-corrected chi connectivity index (χ2v) is 6.87. The fourth-order valence-corrected chi connectivity index (χ4v) is 3.36. The van der Waals surface area contributed by atoms with Crippen molar-refractivity contribution in [2.75, 3.05) is 42.9 Å². The maximum absolute atomic E-state index is 12.6. The fraction of sp³-hybridized carbons (Fsp3) is 0.333. The summed E-state index contributed by atoms with van der Waals surface area (Å²) in [6, 6.07) is 14.1. The summed E-state index contributed by atoms with van der Waals surface area (Å²) in [5.74, 6) is -0.268. The minimum atomic E-state index is -4.40. The van der Waals surface area contributed by atoms with E-state index < -0.39 is 11.7 Å². The number of para-hydroxylation sites is 1. The molecule has 1 heterocycles. The van der Waals surface area contributed by atoms with E-state index >= 15 is 0 Å². The fourth-order valence-electron chi connectivity index (χ4n) is 3.36. The van der Waals surface area contributed by atoms with Gasteiger partial charge in [0.25, 0.3) is 0 Å². The summed E-state index contributed by atoms with van der Waals surface area (Å²) in [5.41, 5.74) is 1.11. The van der Waals surface area contributed by atoms with E-state index in [2.05, 4.69) is 16.3 Å². The Labute approximate surface area is 167 Å². The molecule has 1 saturated heterocycles. The van der Waals surface area contributed by atoms with Crippen molar-refractivity contribution < 1.29 is 18.0 Å². The normalized spacial score (nSPS) is 15.4. The molecule has 0 unspecified atom stereocenters. The first-order valence-electron chi connectivity index (χ1n) is 9.30. The molecule has 5 nitrogen and oxygen atoms in total. The summed E-state index contributed by atoms with van der Waals surface area (Å²) >= 11 is 0. The molecule has 152 valence electrons. The van der Waals surface area contributed by atoms with Crippen molar-refractivity contribution >= 4 is 17.3 Å². The highest BCUT2D eigenvalue weighted by Crippen LogP contribution is 2.29. The van der Waals surface area contributed by atoms with Crippen molar-refractivity contribution in [1.82, 2.24) is 4.90 Å². The number of carbonyl (C=O) groups is 1. The molecule has 1 aliphatic rings. The standard InChI is InChI=1S/C21H21F3N4O/c22-21(23,24)17-6-8-18(9-7-17)26-20(29)15-27-10-3-11-28(13-12-27)19-5-2-1-4-16(19)14-25/h1-2,4-9H,3,10-13,15H2,(H,26,29). The van der Waals surface area contributed by atoms with Gasteiger partial charge in [-0.15, -0.1) is 0 Å². The van der Waals surface area contributed by atoms with E-state index in [0.717, 1.165) is 37.3 Å². The van der Waals surface area contributed by atoms with Gasteiger partial charge in [0, 0.05) is 31.9 Å². The summed E-state index contributed by atoms with van der Waals surface area (Å²) in [5, 5.41) is 11.9. The molecule has 0 atom stereocenters. The van der Waals surface area contributed by atoms with Crippen molar-refractivity contribution in [1.29, 1.82) is 5.26 Å². The second kappa shape index (κ2) is 8.97. The van der Waals surface area contributed by atoms with Gasteiger partial charge in [-0.25, -0.2) is 0 Å². The minimum absolute atomic E-state index is 0.161. The first kappa shape index (κ1) is 20.7. The highest BCUT2D eigenvalue weighted by atomic mass is 19.4. The van der Waals surface area contributed by atoms with Gasteiger partial charge in [0.05, 0.1) is 23.4 Å². The lowest BCUT2D eigenvalue weighted by Crippen LogP contribution is -2.36. The molecule has 8 heteroatoms. The van der Waals surface area contributed by atoms with Gasteiger partial charge in [-0.05, 0) is 42.8 Å². The Balaban J connectivity index is 1.55. The van der Waals surface area contributed by atoms with Crippen molar-refractivity contribution in [3.63, 3.8) is 0 Å². The van der Waals surface area contributed by atoms with Gasteiger partial charge >= 0.3 is 6.18 Å². The zero-order valence-electron chi connectivity index (χ0n) is 15.7. The number of alkyl halides is 3. The van der Waals surface area contributed by atoms with Crippen LogP contribution in [0.2, 0.25) is 0 Å². The molecule has 2 aromatic carbocycles. The molecule has 2 aromatic rings. The predicted octanol–water partition coefficient (Wildman–Crippen LogP) is 3.73. The molecule has 3 rings (SSSR count). The van der Waals surface area contributed by atoms with Gasteiger partial charge in [0.15, 0.2) is 0 Å². The molecule has 1 fully saturated rings. The number of hydrogen-bond donors (Lipinski definition) is 1. The smallest absolute Gasteiger partial charge is 0.369 e. The monoisotopic (exact) mass is 402 g/mol. The van der Waals surface area contributed by atoms with Crippen LogP contribution in [0.5, 0.6) is 0 Å². The number of anilines is 2. The summed E-state index contributed by atoms with van der Waals surface area (Å²) in [4.78, 5) is 16.4. The quantitative estimate of drug-likeness (QED) is 0.847. The van der Waals surface area contributed by atoms with Gasteiger partial charge < -0.3 is 10.2 Å². The molecule has 0 radical (unpaired) electrons. The SMILES string of the molecule is N#Cc1ccccc1N1CCCN(CC(=O)Nc2ccc(C(F)(F)F)cc2)CC1. The largest absolute Gasteiger partial charge is 0.416 e. The van der Waals surface area contributed by atoms with Crippen LogP contribution in [0.3, 0.4) is 0 Å². The molecule has 0 bridgehead atoms. The third-order valence-corrected chi connectivity index (χ3v) is 4.82. The predicted molar refractivity (Wildman–Crippen MR) is 105 cm³/mol. The number of nitrogens with zero attached hydrogens (tertiary/aromatic N) is 3. The molecule has 29 heavy (non-hydrogen) atoms. The van der Waals surface area contributed by atoms with E-state index in [1.165, 1.54) is 12.1 Å². The molecule has 1 aliphatic heterocycles. The molecular weight excluding hydrogens is 381 g/mol. The number of rotatable bonds is 4. The molecular formula is C21H21F3N4O. The maximum atomic E-state index is 12.6. The highest BCUT2D eigenvalue weighted by molar-refractivity contribution is 5.92. The number of nitriles is 1. The van der Waals surface area contributed by atoms with Crippen molar-refractivity contribution in [2.24, 2.45) is 0 Å². The number of amides is 1. The highest BCUT2D eigenvalue weighted by Gasteiger charge is 2.30. The molecule has 0 spiro atoms. The van der Waals surface area contributed by atoms with E-state index in [1.807, 2.05) is 23.1 Å². The average molecular weight is 402 g/mol. The number of halogens is 3. The number of hydrogen-bond acceptors (Lipinski definition) is 4. The van der Waals surface area contributed by atoms with Crippen LogP contribution in [-0.4, -0.2) is 43.5 Å². The Kier molecular flexibility index (Phi) is 6.39. The van der Waals surface area contributed by atoms with Gasteiger partial charge in [0.1, 0.15) is 6.07 Å². The van der Waals surface area contributed by atoms with Gasteiger partial charge in [-0.3, -0.25) is 9.69 Å². The van der Waals surface area contributed by atoms with Gasteiger partial charge in [-0.1, -0.05) is 12.1 Å². The third-order valence-electron chi connectivity index (χ3n) is 4.82. The summed E-state index contributed by atoms with van der Waals surface area (Å²) in [7, 11) is 0. The van der Waals surface area contributed by atoms with Crippen molar-refractivity contribution in [3.8, 4) is 6.07 Å². The van der Waals surface area contributed by atoms with Crippen LogP contribution in [0, 0.1) is 11.3 Å². The van der Waals surface area contributed by atoms with Crippen LogP contribution in [0.15, 0.2) is 48.5 Å². The second-order valence-electron chi connectivity index (χ2n) is 6.87. The Morgan fingerprint density at radius 1 is 1.03 bits per heavy atom. The van der Waals surface area contributed by atoms with Crippen molar-refractivity contribution in [3.05, 3.63) is 59.7 Å². The summed E-state index contributed by atoms with van der Waals surface area (Å²) in [6.45, 7) is 3.02. The Morgan fingerprint density at radius 2 is 1.76 bits per heavy atom. The Morgan fingerprint density at radius 3 is 2.45 bits per heavy atom. The first-order chi connectivity index (χ1) is 13.9. The zero-order chi connectivity index (χ0) is 20.9. The lowest BCUT2D eigenvalue weighted by atomic mass is 10.1. The van der Waals surface area contributed by atoms with E-state index in [9.17, 15) is 23.2 Å².